The highest BCUT2D eigenvalue weighted by Gasteiger charge is 2.18. The van der Waals surface area contributed by atoms with E-state index in [9.17, 15) is 4.79 Å². The lowest BCUT2D eigenvalue weighted by Gasteiger charge is -2.21. The van der Waals surface area contributed by atoms with Crippen LogP contribution in [0.25, 0.3) is 0 Å². The summed E-state index contributed by atoms with van der Waals surface area (Å²) >= 11 is 0. The highest BCUT2D eigenvalue weighted by molar-refractivity contribution is 5.95. The van der Waals surface area contributed by atoms with E-state index in [0.717, 1.165) is 5.56 Å². The molecule has 1 aliphatic heterocycles. The van der Waals surface area contributed by atoms with Gasteiger partial charge in [0.05, 0.1) is 6.04 Å². The van der Waals surface area contributed by atoms with Crippen molar-refractivity contribution in [2.24, 2.45) is 0 Å². The van der Waals surface area contributed by atoms with Crippen molar-refractivity contribution in [1.82, 2.24) is 5.32 Å². The number of hydrogen-bond donors (Lipinski definition) is 1. The molecular weight excluding hydrogens is 314 g/mol. The van der Waals surface area contributed by atoms with Gasteiger partial charge in [0.15, 0.2) is 11.5 Å². The van der Waals surface area contributed by atoms with E-state index in [2.05, 4.69) is 50.4 Å². The first-order valence-corrected chi connectivity index (χ1v) is 8.65. The molecule has 0 spiro atoms. The number of carbonyl (C=O) groups is 1. The Morgan fingerprint density at radius 1 is 1.00 bits per heavy atom. The van der Waals surface area contributed by atoms with Gasteiger partial charge >= 0.3 is 0 Å². The molecular formula is C21H25NO3. The fraction of sp³-hybridized carbons (Fsp3) is 0.381. The molecule has 1 atom stereocenters. The minimum atomic E-state index is -0.121. The average Bonchev–Trinajstić information content (AvgIpc) is 2.60. The number of hydrogen-bond acceptors (Lipinski definition) is 3. The molecule has 4 nitrogen and oxygen atoms in total. The van der Waals surface area contributed by atoms with Crippen LogP contribution in [0.4, 0.5) is 0 Å². The predicted molar refractivity (Wildman–Crippen MR) is 98.5 cm³/mol. The van der Waals surface area contributed by atoms with Crippen LogP contribution in [0, 0.1) is 0 Å². The highest BCUT2D eigenvalue weighted by Crippen LogP contribution is 2.31. The van der Waals surface area contributed by atoms with Gasteiger partial charge in [0.25, 0.3) is 5.91 Å². The summed E-state index contributed by atoms with van der Waals surface area (Å²) in [6, 6.07) is 13.6. The number of rotatable bonds is 3. The van der Waals surface area contributed by atoms with Gasteiger partial charge in [-0.15, -0.1) is 0 Å². The number of benzene rings is 2. The zero-order valence-electron chi connectivity index (χ0n) is 15.3. The lowest BCUT2D eigenvalue weighted by atomic mass is 9.86. The summed E-state index contributed by atoms with van der Waals surface area (Å²) in [6.45, 7) is 9.61. The molecule has 1 heterocycles. The molecule has 0 fully saturated rings. The van der Waals surface area contributed by atoms with Crippen LogP contribution in [-0.4, -0.2) is 19.1 Å². The van der Waals surface area contributed by atoms with E-state index in [1.54, 1.807) is 18.2 Å². The largest absolute Gasteiger partial charge is 0.486 e. The Kier molecular flexibility index (Phi) is 4.71. The summed E-state index contributed by atoms with van der Waals surface area (Å²) in [6.07, 6.45) is 0. The first kappa shape index (κ1) is 17.3. The van der Waals surface area contributed by atoms with E-state index in [1.807, 2.05) is 6.92 Å². The summed E-state index contributed by atoms with van der Waals surface area (Å²) in [5.74, 6) is 1.19. The van der Waals surface area contributed by atoms with E-state index in [4.69, 9.17) is 9.47 Å². The van der Waals surface area contributed by atoms with E-state index in [-0.39, 0.29) is 17.4 Å². The van der Waals surface area contributed by atoms with Crippen LogP contribution in [0.1, 0.15) is 55.2 Å². The van der Waals surface area contributed by atoms with Gasteiger partial charge < -0.3 is 14.8 Å². The smallest absolute Gasteiger partial charge is 0.251 e. The van der Waals surface area contributed by atoms with Gasteiger partial charge in [0, 0.05) is 5.56 Å². The average molecular weight is 339 g/mol. The second kappa shape index (κ2) is 6.79. The molecule has 2 aromatic rings. The van der Waals surface area contributed by atoms with Crippen molar-refractivity contribution in [3.05, 3.63) is 59.2 Å². The topological polar surface area (TPSA) is 47.6 Å². The number of amides is 1. The molecule has 25 heavy (non-hydrogen) atoms. The molecule has 0 saturated carbocycles. The summed E-state index contributed by atoms with van der Waals surface area (Å²) in [5, 5.41) is 3.04. The minimum Gasteiger partial charge on any atom is -0.486 e. The van der Waals surface area contributed by atoms with Crippen molar-refractivity contribution in [2.75, 3.05) is 13.2 Å². The normalized spacial score (nSPS) is 14.7. The Bertz CT molecular complexity index is 760. The second-order valence-electron chi connectivity index (χ2n) is 7.43. The summed E-state index contributed by atoms with van der Waals surface area (Å²) in [4.78, 5) is 12.5. The molecule has 4 heteroatoms. The SMILES string of the molecule is C[C@H](NC(=O)c1ccc2c(c1)OCCO2)c1ccc(C(C)(C)C)cc1. The van der Waals surface area contributed by atoms with E-state index < -0.39 is 0 Å². The van der Waals surface area contributed by atoms with Gasteiger partial charge in [0.2, 0.25) is 0 Å². The molecule has 3 rings (SSSR count). The van der Waals surface area contributed by atoms with Crippen molar-refractivity contribution in [3.8, 4) is 11.5 Å². The van der Waals surface area contributed by atoms with Crippen LogP contribution < -0.4 is 14.8 Å². The first-order valence-electron chi connectivity index (χ1n) is 8.65. The summed E-state index contributed by atoms with van der Waals surface area (Å²) in [5.41, 5.74) is 3.05. The fourth-order valence-corrected chi connectivity index (χ4v) is 2.82. The number of fused-ring (bicyclic) bond motifs is 1. The third kappa shape index (κ3) is 3.95. The Morgan fingerprint density at radius 3 is 2.28 bits per heavy atom. The molecule has 0 radical (unpaired) electrons. The molecule has 1 aliphatic rings. The Balaban J connectivity index is 1.70. The Morgan fingerprint density at radius 2 is 1.64 bits per heavy atom. The molecule has 2 aromatic carbocycles. The van der Waals surface area contributed by atoms with Gasteiger partial charge in [-0.3, -0.25) is 4.79 Å². The predicted octanol–water partition coefficient (Wildman–Crippen LogP) is 4.25. The number of ether oxygens (including phenoxy) is 2. The molecule has 0 aromatic heterocycles. The van der Waals surface area contributed by atoms with E-state index in [1.165, 1.54) is 5.56 Å². The van der Waals surface area contributed by atoms with Crippen LogP contribution in [0.2, 0.25) is 0 Å². The van der Waals surface area contributed by atoms with Crippen LogP contribution in [-0.2, 0) is 5.41 Å². The number of carbonyl (C=O) groups excluding carboxylic acids is 1. The van der Waals surface area contributed by atoms with Crippen molar-refractivity contribution in [1.29, 1.82) is 0 Å². The van der Waals surface area contributed by atoms with Crippen molar-refractivity contribution >= 4 is 5.91 Å². The standard InChI is InChI=1S/C21H25NO3/c1-14(15-5-8-17(9-6-15)21(2,3)4)22-20(23)16-7-10-18-19(13-16)25-12-11-24-18/h5-10,13-14H,11-12H2,1-4H3,(H,22,23)/t14-/m0/s1. The number of nitrogens with one attached hydrogen (secondary N) is 1. The zero-order chi connectivity index (χ0) is 18.0. The third-order valence-corrected chi connectivity index (χ3v) is 4.43. The lowest BCUT2D eigenvalue weighted by molar-refractivity contribution is 0.0938. The minimum absolute atomic E-state index is 0.0743. The monoisotopic (exact) mass is 339 g/mol. The van der Waals surface area contributed by atoms with Gasteiger partial charge in [-0.1, -0.05) is 45.0 Å². The van der Waals surface area contributed by atoms with E-state index in [0.29, 0.717) is 30.3 Å². The van der Waals surface area contributed by atoms with Crippen molar-refractivity contribution < 1.29 is 14.3 Å². The highest BCUT2D eigenvalue weighted by atomic mass is 16.6. The van der Waals surface area contributed by atoms with Gasteiger partial charge in [0.1, 0.15) is 13.2 Å². The Labute approximate surface area is 149 Å². The zero-order valence-corrected chi connectivity index (χ0v) is 15.3. The fourth-order valence-electron chi connectivity index (χ4n) is 2.82. The molecule has 1 N–H and O–H groups in total. The van der Waals surface area contributed by atoms with Gasteiger partial charge in [-0.25, -0.2) is 0 Å². The first-order chi connectivity index (χ1) is 11.8. The van der Waals surface area contributed by atoms with Crippen LogP contribution in [0.15, 0.2) is 42.5 Å². The maximum absolute atomic E-state index is 12.5. The summed E-state index contributed by atoms with van der Waals surface area (Å²) < 4.78 is 11.0. The summed E-state index contributed by atoms with van der Waals surface area (Å²) in [7, 11) is 0. The van der Waals surface area contributed by atoms with Crippen LogP contribution >= 0.6 is 0 Å². The lowest BCUT2D eigenvalue weighted by Crippen LogP contribution is -2.27. The maximum atomic E-state index is 12.5. The van der Waals surface area contributed by atoms with E-state index >= 15 is 0 Å². The Hall–Kier alpha value is -2.49. The molecule has 0 aliphatic carbocycles. The quantitative estimate of drug-likeness (QED) is 0.909. The van der Waals surface area contributed by atoms with Crippen LogP contribution in [0.5, 0.6) is 11.5 Å². The van der Waals surface area contributed by atoms with Crippen molar-refractivity contribution in [2.45, 2.75) is 39.2 Å². The molecule has 1 amide bonds. The molecule has 0 saturated heterocycles. The van der Waals surface area contributed by atoms with Crippen LogP contribution in [0.3, 0.4) is 0 Å². The molecule has 0 bridgehead atoms. The molecule has 132 valence electrons. The van der Waals surface area contributed by atoms with Gasteiger partial charge in [-0.2, -0.15) is 0 Å². The molecule has 0 unspecified atom stereocenters. The second-order valence-corrected chi connectivity index (χ2v) is 7.43. The van der Waals surface area contributed by atoms with Crippen molar-refractivity contribution in [3.63, 3.8) is 0 Å². The third-order valence-electron chi connectivity index (χ3n) is 4.43. The van der Waals surface area contributed by atoms with Gasteiger partial charge in [-0.05, 0) is 41.7 Å². The maximum Gasteiger partial charge on any atom is 0.251 e.